The minimum Gasteiger partial charge on any atom is -0.367 e. The quantitative estimate of drug-likeness (QED) is 0.565. The lowest BCUT2D eigenvalue weighted by Gasteiger charge is -2.40. The Morgan fingerprint density at radius 1 is 0.971 bits per heavy atom. The van der Waals surface area contributed by atoms with E-state index in [0.29, 0.717) is 17.5 Å². The van der Waals surface area contributed by atoms with Crippen molar-refractivity contribution in [1.82, 2.24) is 10.2 Å². The number of hydrogen-bond acceptors (Lipinski definition) is 3. The van der Waals surface area contributed by atoms with Gasteiger partial charge in [0, 0.05) is 45.2 Å². The molecule has 0 aromatic heterocycles. The maximum atomic E-state index is 14.0. The number of carbonyl (C=O) groups is 1. The number of alkyl halides is 6. The Balaban J connectivity index is 1.65. The number of rotatable bonds is 5. The molecule has 4 nitrogen and oxygen atoms in total. The molecule has 0 saturated carbocycles. The van der Waals surface area contributed by atoms with Crippen LogP contribution in [-0.2, 0) is 30.2 Å². The Labute approximate surface area is 197 Å². The lowest BCUT2D eigenvalue weighted by molar-refractivity contribution is -0.142. The van der Waals surface area contributed by atoms with Crippen LogP contribution in [0.5, 0.6) is 0 Å². The monoisotopic (exact) mass is 503 g/mol. The van der Waals surface area contributed by atoms with Crippen molar-refractivity contribution < 1.29 is 35.5 Å². The Bertz CT molecular complexity index is 1080. The molecular formula is C24H24F7N3O. The highest BCUT2D eigenvalue weighted by Gasteiger charge is 2.45. The third-order valence-corrected chi connectivity index (χ3v) is 6.54. The number of fused-ring (bicyclic) bond motifs is 1. The van der Waals surface area contributed by atoms with Crippen molar-refractivity contribution in [3.8, 4) is 0 Å². The molecule has 2 aromatic rings. The molecule has 0 spiro atoms. The molecule has 1 amide bonds. The van der Waals surface area contributed by atoms with Gasteiger partial charge in [-0.3, -0.25) is 4.79 Å². The van der Waals surface area contributed by atoms with E-state index in [2.05, 4.69) is 5.32 Å². The van der Waals surface area contributed by atoms with Gasteiger partial charge in [0.1, 0.15) is 5.82 Å². The zero-order chi connectivity index (χ0) is 25.5. The van der Waals surface area contributed by atoms with E-state index in [-0.39, 0.29) is 50.6 Å². The van der Waals surface area contributed by atoms with Crippen LogP contribution < -0.4 is 10.2 Å². The van der Waals surface area contributed by atoms with Crippen LogP contribution in [0.25, 0.3) is 0 Å². The van der Waals surface area contributed by atoms with Crippen molar-refractivity contribution in [2.45, 2.75) is 51.2 Å². The van der Waals surface area contributed by atoms with Gasteiger partial charge in [-0.15, -0.1) is 0 Å². The lowest BCUT2D eigenvalue weighted by Crippen LogP contribution is -2.52. The number of anilines is 1. The predicted molar refractivity (Wildman–Crippen MR) is 115 cm³/mol. The zero-order valence-electron chi connectivity index (χ0n) is 18.9. The molecule has 1 unspecified atom stereocenters. The fourth-order valence-electron chi connectivity index (χ4n) is 4.84. The Morgan fingerprint density at radius 3 is 2.23 bits per heavy atom. The second kappa shape index (κ2) is 9.33. The molecule has 0 radical (unpaired) electrons. The third kappa shape index (κ3) is 5.39. The van der Waals surface area contributed by atoms with Gasteiger partial charge in [-0.1, -0.05) is 6.07 Å². The Kier molecular flexibility index (Phi) is 6.74. The summed E-state index contributed by atoms with van der Waals surface area (Å²) >= 11 is 0. The van der Waals surface area contributed by atoms with Crippen LogP contribution in [0.15, 0.2) is 30.3 Å². The predicted octanol–water partition coefficient (Wildman–Crippen LogP) is 5.27. The first-order valence-electron chi connectivity index (χ1n) is 11.2. The molecule has 35 heavy (non-hydrogen) atoms. The van der Waals surface area contributed by atoms with E-state index < -0.39 is 41.0 Å². The molecule has 11 heteroatoms. The lowest BCUT2D eigenvalue weighted by atomic mass is 9.98. The molecule has 2 aliphatic heterocycles. The molecule has 0 aliphatic carbocycles. The Hall–Kier alpha value is -2.82. The number of amides is 1. The summed E-state index contributed by atoms with van der Waals surface area (Å²) in [4.78, 5) is 14.6. The van der Waals surface area contributed by atoms with E-state index in [4.69, 9.17) is 0 Å². The standard InChI is InChI=1S/C24H24F7N3O/c1-14-8-17(25)3-2-16(14)12-32-11-15-9-19(23(26,27)28)22(20(10-15)24(29,30)31)33-6-7-34-18(13-33)4-5-21(34)35/h2-3,8-10,18,32H,4-7,11-13H2,1H3. The molecular weight excluding hydrogens is 479 g/mol. The number of hydrogen-bond donors (Lipinski definition) is 1. The number of nitrogens with one attached hydrogen (secondary N) is 1. The smallest absolute Gasteiger partial charge is 0.367 e. The number of nitrogens with zero attached hydrogens (tertiary/aromatic N) is 2. The van der Waals surface area contributed by atoms with E-state index in [1.165, 1.54) is 23.1 Å². The third-order valence-electron chi connectivity index (χ3n) is 6.54. The SMILES string of the molecule is Cc1cc(F)ccc1CNCc1cc(C(F)(F)F)c(N2CCN3C(=O)CCC3C2)c(C(F)(F)F)c1. The highest BCUT2D eigenvalue weighted by molar-refractivity contribution is 5.79. The van der Waals surface area contributed by atoms with Crippen LogP contribution in [0.1, 0.15) is 40.7 Å². The first-order chi connectivity index (χ1) is 16.3. The van der Waals surface area contributed by atoms with Gasteiger partial charge in [-0.2, -0.15) is 26.3 Å². The fraction of sp³-hybridized carbons (Fsp3) is 0.458. The van der Waals surface area contributed by atoms with E-state index in [1.807, 2.05) is 0 Å². The summed E-state index contributed by atoms with van der Waals surface area (Å²) < 4.78 is 97.5. The van der Waals surface area contributed by atoms with Crippen molar-refractivity contribution in [2.75, 3.05) is 24.5 Å². The molecule has 190 valence electrons. The molecule has 2 aromatic carbocycles. The molecule has 0 bridgehead atoms. The summed E-state index contributed by atoms with van der Waals surface area (Å²) in [5.74, 6) is -0.561. The van der Waals surface area contributed by atoms with Gasteiger partial charge in [-0.25, -0.2) is 4.39 Å². The van der Waals surface area contributed by atoms with Crippen molar-refractivity contribution in [1.29, 1.82) is 0 Å². The summed E-state index contributed by atoms with van der Waals surface area (Å²) in [6.07, 6.45) is -9.37. The van der Waals surface area contributed by atoms with Crippen LogP contribution >= 0.6 is 0 Å². The summed E-state index contributed by atoms with van der Waals surface area (Å²) in [6, 6.07) is 5.14. The number of carbonyl (C=O) groups excluding carboxylic acids is 1. The van der Waals surface area contributed by atoms with Gasteiger partial charge in [0.05, 0.1) is 16.8 Å². The minimum absolute atomic E-state index is 0.0818. The molecule has 1 N–H and O–H groups in total. The van der Waals surface area contributed by atoms with Crippen LogP contribution in [0, 0.1) is 12.7 Å². The van der Waals surface area contributed by atoms with E-state index in [1.54, 1.807) is 6.92 Å². The van der Waals surface area contributed by atoms with E-state index >= 15 is 0 Å². The second-order valence-electron chi connectivity index (χ2n) is 8.94. The Morgan fingerprint density at radius 2 is 1.63 bits per heavy atom. The molecule has 2 heterocycles. The molecule has 2 fully saturated rings. The van der Waals surface area contributed by atoms with Gasteiger partial charge in [0.15, 0.2) is 0 Å². The summed E-state index contributed by atoms with van der Waals surface area (Å²) in [7, 11) is 0. The molecule has 2 saturated heterocycles. The van der Waals surface area contributed by atoms with Crippen LogP contribution in [0.3, 0.4) is 0 Å². The molecule has 4 rings (SSSR count). The van der Waals surface area contributed by atoms with Crippen molar-refractivity contribution in [2.24, 2.45) is 0 Å². The highest BCUT2D eigenvalue weighted by Crippen LogP contribution is 2.46. The maximum Gasteiger partial charge on any atom is 0.418 e. The summed E-state index contributed by atoms with van der Waals surface area (Å²) in [5, 5.41) is 2.85. The minimum atomic E-state index is -5.01. The van der Waals surface area contributed by atoms with Crippen LogP contribution in [0.4, 0.5) is 36.4 Å². The average Bonchev–Trinajstić information content (AvgIpc) is 3.13. The van der Waals surface area contributed by atoms with Gasteiger partial charge in [0.25, 0.3) is 0 Å². The van der Waals surface area contributed by atoms with Gasteiger partial charge in [-0.05, 0) is 54.3 Å². The topological polar surface area (TPSA) is 35.6 Å². The largest absolute Gasteiger partial charge is 0.418 e. The number of halogens is 7. The summed E-state index contributed by atoms with van der Waals surface area (Å²) in [6.45, 7) is 1.45. The number of aryl methyl sites for hydroxylation is 1. The fourth-order valence-corrected chi connectivity index (χ4v) is 4.84. The van der Waals surface area contributed by atoms with Crippen LogP contribution in [-0.4, -0.2) is 36.5 Å². The molecule has 2 aliphatic rings. The first kappa shape index (κ1) is 25.3. The number of benzene rings is 2. The van der Waals surface area contributed by atoms with Crippen LogP contribution in [0.2, 0.25) is 0 Å². The van der Waals surface area contributed by atoms with Crippen molar-refractivity contribution >= 4 is 11.6 Å². The highest BCUT2D eigenvalue weighted by atomic mass is 19.4. The van der Waals surface area contributed by atoms with Crippen molar-refractivity contribution in [3.05, 3.63) is 64.0 Å². The van der Waals surface area contributed by atoms with E-state index in [0.717, 1.165) is 17.0 Å². The molecule has 1 atom stereocenters. The summed E-state index contributed by atoms with van der Waals surface area (Å²) in [5.41, 5.74) is -2.45. The van der Waals surface area contributed by atoms with Gasteiger partial charge in [0.2, 0.25) is 5.91 Å². The average molecular weight is 503 g/mol. The van der Waals surface area contributed by atoms with Crippen molar-refractivity contribution in [3.63, 3.8) is 0 Å². The van der Waals surface area contributed by atoms with E-state index in [9.17, 15) is 35.5 Å². The van der Waals surface area contributed by atoms with Gasteiger partial charge >= 0.3 is 12.4 Å². The second-order valence-corrected chi connectivity index (χ2v) is 8.94. The normalized spacial score (nSPS) is 18.9. The first-order valence-corrected chi connectivity index (χ1v) is 11.2. The zero-order valence-corrected chi connectivity index (χ0v) is 18.9. The van der Waals surface area contributed by atoms with Gasteiger partial charge < -0.3 is 15.1 Å². The maximum absolute atomic E-state index is 14.0. The number of piperazine rings is 1.